The number of morpholine rings is 1. The van der Waals surface area contributed by atoms with Gasteiger partial charge < -0.3 is 10.5 Å². The zero-order valence-corrected chi connectivity index (χ0v) is 11.4. The Morgan fingerprint density at radius 1 is 1.61 bits per heavy atom. The lowest BCUT2D eigenvalue weighted by Crippen LogP contribution is -2.45. The number of hydrogen-bond donors (Lipinski definition) is 1. The van der Waals surface area contributed by atoms with E-state index in [1.165, 1.54) is 5.56 Å². The molecule has 0 spiro atoms. The molecule has 0 amide bonds. The van der Waals surface area contributed by atoms with E-state index in [1.807, 2.05) is 10.9 Å². The van der Waals surface area contributed by atoms with E-state index in [9.17, 15) is 0 Å². The number of rotatable bonds is 5. The Balaban J connectivity index is 2.06. The normalized spacial score (nSPS) is 23.2. The smallest absolute Gasteiger partial charge is 0.0674 e. The van der Waals surface area contributed by atoms with Gasteiger partial charge >= 0.3 is 0 Å². The van der Waals surface area contributed by atoms with Crippen molar-refractivity contribution in [2.24, 2.45) is 5.73 Å². The lowest BCUT2D eigenvalue weighted by molar-refractivity contribution is -0.0333. The largest absolute Gasteiger partial charge is 0.376 e. The lowest BCUT2D eigenvalue weighted by Gasteiger charge is -2.36. The van der Waals surface area contributed by atoms with Gasteiger partial charge in [0.15, 0.2) is 0 Å². The average molecular weight is 252 g/mol. The SMILES string of the molecule is CCCn1cc(C(CN)N2CCOC(C)C2)cn1. The van der Waals surface area contributed by atoms with Crippen LogP contribution in [0, 0.1) is 0 Å². The first kappa shape index (κ1) is 13.5. The minimum absolute atomic E-state index is 0.266. The van der Waals surface area contributed by atoms with Crippen LogP contribution in [0.2, 0.25) is 0 Å². The van der Waals surface area contributed by atoms with Gasteiger partial charge in [-0.1, -0.05) is 6.92 Å². The average Bonchev–Trinajstić information content (AvgIpc) is 2.79. The Kier molecular flexibility index (Phi) is 4.74. The van der Waals surface area contributed by atoms with Gasteiger partial charge in [0.1, 0.15) is 0 Å². The van der Waals surface area contributed by atoms with Gasteiger partial charge in [-0.15, -0.1) is 0 Å². The van der Waals surface area contributed by atoms with Gasteiger partial charge in [-0.05, 0) is 13.3 Å². The van der Waals surface area contributed by atoms with Crippen molar-refractivity contribution in [3.8, 4) is 0 Å². The van der Waals surface area contributed by atoms with E-state index in [0.717, 1.165) is 32.7 Å². The monoisotopic (exact) mass is 252 g/mol. The number of nitrogens with zero attached hydrogens (tertiary/aromatic N) is 3. The highest BCUT2D eigenvalue weighted by Crippen LogP contribution is 2.21. The number of aromatic nitrogens is 2. The maximum Gasteiger partial charge on any atom is 0.0674 e. The summed E-state index contributed by atoms with van der Waals surface area (Å²) in [7, 11) is 0. The highest BCUT2D eigenvalue weighted by molar-refractivity contribution is 5.11. The van der Waals surface area contributed by atoms with E-state index in [1.54, 1.807) is 0 Å². The Bertz CT molecular complexity index is 366. The summed E-state index contributed by atoms with van der Waals surface area (Å²) < 4.78 is 7.58. The molecular weight excluding hydrogens is 228 g/mol. The molecule has 2 unspecified atom stereocenters. The minimum Gasteiger partial charge on any atom is -0.376 e. The molecule has 2 heterocycles. The van der Waals surface area contributed by atoms with Crippen molar-refractivity contribution >= 4 is 0 Å². The van der Waals surface area contributed by atoms with Crippen LogP contribution in [-0.2, 0) is 11.3 Å². The molecule has 0 bridgehead atoms. The topological polar surface area (TPSA) is 56.3 Å². The second-order valence-electron chi connectivity index (χ2n) is 4.96. The van der Waals surface area contributed by atoms with Gasteiger partial charge in [0.05, 0.1) is 24.9 Å². The quantitative estimate of drug-likeness (QED) is 0.850. The van der Waals surface area contributed by atoms with E-state index in [2.05, 4.69) is 30.0 Å². The van der Waals surface area contributed by atoms with Crippen molar-refractivity contribution in [1.82, 2.24) is 14.7 Å². The molecule has 1 aromatic heterocycles. The van der Waals surface area contributed by atoms with Crippen molar-refractivity contribution in [2.75, 3.05) is 26.2 Å². The van der Waals surface area contributed by atoms with Gasteiger partial charge in [0.25, 0.3) is 0 Å². The van der Waals surface area contributed by atoms with Crippen molar-refractivity contribution in [3.05, 3.63) is 18.0 Å². The molecule has 0 saturated carbocycles. The van der Waals surface area contributed by atoms with Crippen LogP contribution in [-0.4, -0.2) is 47.0 Å². The van der Waals surface area contributed by atoms with Crippen LogP contribution in [0.4, 0.5) is 0 Å². The van der Waals surface area contributed by atoms with Crippen molar-refractivity contribution in [2.45, 2.75) is 39.0 Å². The predicted octanol–water partition coefficient (Wildman–Crippen LogP) is 1.01. The number of nitrogens with two attached hydrogens (primary N) is 1. The zero-order chi connectivity index (χ0) is 13.0. The highest BCUT2D eigenvalue weighted by atomic mass is 16.5. The molecule has 2 rings (SSSR count). The lowest BCUT2D eigenvalue weighted by atomic mass is 10.1. The van der Waals surface area contributed by atoms with Gasteiger partial charge in [-0.3, -0.25) is 9.58 Å². The van der Waals surface area contributed by atoms with Gasteiger partial charge in [-0.2, -0.15) is 5.10 Å². The fourth-order valence-corrected chi connectivity index (χ4v) is 2.53. The Labute approximate surface area is 109 Å². The first-order valence-corrected chi connectivity index (χ1v) is 6.82. The molecule has 2 atom stereocenters. The molecule has 5 heteroatoms. The number of hydrogen-bond acceptors (Lipinski definition) is 4. The second-order valence-corrected chi connectivity index (χ2v) is 4.96. The van der Waals surface area contributed by atoms with Gasteiger partial charge in [0, 0.05) is 37.9 Å². The van der Waals surface area contributed by atoms with Crippen LogP contribution < -0.4 is 5.73 Å². The molecule has 0 aromatic carbocycles. The van der Waals surface area contributed by atoms with Crippen LogP contribution in [0.25, 0.3) is 0 Å². The van der Waals surface area contributed by atoms with Crippen LogP contribution in [0.3, 0.4) is 0 Å². The van der Waals surface area contributed by atoms with Crippen LogP contribution >= 0.6 is 0 Å². The first-order valence-electron chi connectivity index (χ1n) is 6.82. The van der Waals surface area contributed by atoms with Gasteiger partial charge in [-0.25, -0.2) is 0 Å². The van der Waals surface area contributed by atoms with E-state index in [0.29, 0.717) is 12.6 Å². The Morgan fingerprint density at radius 2 is 2.44 bits per heavy atom. The minimum atomic E-state index is 0.266. The molecular formula is C13H24N4O. The highest BCUT2D eigenvalue weighted by Gasteiger charge is 2.25. The standard InChI is InChI=1S/C13H24N4O/c1-3-4-17-10-12(8-15-17)13(7-14)16-5-6-18-11(2)9-16/h8,10-11,13H,3-7,9,14H2,1-2H3. The number of ether oxygens (including phenoxy) is 1. The molecule has 1 saturated heterocycles. The third kappa shape index (κ3) is 3.10. The summed E-state index contributed by atoms with van der Waals surface area (Å²) >= 11 is 0. The number of aryl methyl sites for hydroxylation is 1. The first-order chi connectivity index (χ1) is 8.74. The third-order valence-electron chi connectivity index (χ3n) is 3.43. The van der Waals surface area contributed by atoms with Crippen molar-refractivity contribution < 1.29 is 4.74 Å². The molecule has 1 fully saturated rings. The summed E-state index contributed by atoms with van der Waals surface area (Å²) in [5.74, 6) is 0. The van der Waals surface area contributed by atoms with Gasteiger partial charge in [0.2, 0.25) is 0 Å². The van der Waals surface area contributed by atoms with E-state index in [-0.39, 0.29) is 6.04 Å². The maximum atomic E-state index is 5.94. The van der Waals surface area contributed by atoms with E-state index in [4.69, 9.17) is 10.5 Å². The van der Waals surface area contributed by atoms with Crippen molar-refractivity contribution in [3.63, 3.8) is 0 Å². The van der Waals surface area contributed by atoms with Crippen LogP contribution in [0.1, 0.15) is 31.9 Å². The molecule has 2 N–H and O–H groups in total. The Hall–Kier alpha value is -0.910. The molecule has 102 valence electrons. The molecule has 1 aliphatic rings. The molecule has 0 aliphatic carbocycles. The van der Waals surface area contributed by atoms with Crippen molar-refractivity contribution in [1.29, 1.82) is 0 Å². The maximum absolute atomic E-state index is 5.94. The summed E-state index contributed by atoms with van der Waals surface area (Å²) in [6, 6.07) is 0.266. The predicted molar refractivity (Wildman–Crippen MR) is 71.3 cm³/mol. The molecule has 18 heavy (non-hydrogen) atoms. The summed E-state index contributed by atoms with van der Waals surface area (Å²) in [6.07, 6.45) is 5.47. The second kappa shape index (κ2) is 6.31. The fourth-order valence-electron chi connectivity index (χ4n) is 2.53. The summed E-state index contributed by atoms with van der Waals surface area (Å²) in [4.78, 5) is 2.40. The molecule has 0 radical (unpaired) electrons. The summed E-state index contributed by atoms with van der Waals surface area (Å²) in [5, 5.41) is 4.39. The van der Waals surface area contributed by atoms with Crippen LogP contribution in [0.15, 0.2) is 12.4 Å². The van der Waals surface area contributed by atoms with Crippen LogP contribution in [0.5, 0.6) is 0 Å². The zero-order valence-electron chi connectivity index (χ0n) is 11.4. The molecule has 1 aliphatic heterocycles. The van der Waals surface area contributed by atoms with E-state index < -0.39 is 0 Å². The fraction of sp³-hybridized carbons (Fsp3) is 0.769. The summed E-state index contributed by atoms with van der Waals surface area (Å²) in [6.45, 7) is 8.56. The summed E-state index contributed by atoms with van der Waals surface area (Å²) in [5.41, 5.74) is 7.17. The Morgan fingerprint density at radius 3 is 3.11 bits per heavy atom. The van der Waals surface area contributed by atoms with E-state index >= 15 is 0 Å². The molecule has 5 nitrogen and oxygen atoms in total. The third-order valence-corrected chi connectivity index (χ3v) is 3.43. The molecule has 1 aromatic rings.